The molecule has 1 saturated carbocycles. The van der Waals surface area contributed by atoms with E-state index in [4.69, 9.17) is 0 Å². The number of rotatable bonds is 6. The van der Waals surface area contributed by atoms with E-state index >= 15 is 0 Å². The van der Waals surface area contributed by atoms with Gasteiger partial charge in [0.2, 0.25) is 11.8 Å². The Hall–Kier alpha value is -3.95. The smallest absolute Gasteiger partial charge is 0.338 e. The number of nitrogens with zero attached hydrogens (tertiary/aromatic N) is 3. The van der Waals surface area contributed by atoms with Crippen molar-refractivity contribution in [3.05, 3.63) is 40.3 Å². The molecule has 0 bridgehead atoms. The molecule has 4 rings (SSSR count). The van der Waals surface area contributed by atoms with Gasteiger partial charge in [0, 0.05) is 13.0 Å². The predicted molar refractivity (Wildman–Crippen MR) is 137 cm³/mol. The third-order valence-electron chi connectivity index (χ3n) is 7.95. The highest BCUT2D eigenvalue weighted by molar-refractivity contribution is 5.95. The van der Waals surface area contributed by atoms with Crippen LogP contribution in [0.25, 0.3) is 11.0 Å². The molecular weight excluding hydrogens is 529 g/mol. The number of aromatic nitrogens is 2. The molecule has 2 fully saturated rings. The van der Waals surface area contributed by atoms with Gasteiger partial charge in [-0.3, -0.25) is 19.2 Å². The molecule has 1 aliphatic heterocycles. The number of halogens is 3. The number of alkyl halides is 3. The summed E-state index contributed by atoms with van der Waals surface area (Å²) in [6.07, 6.45) is -5.39. The van der Waals surface area contributed by atoms with Crippen molar-refractivity contribution in [2.24, 2.45) is 22.7 Å². The van der Waals surface area contributed by atoms with Gasteiger partial charge in [-0.1, -0.05) is 46.8 Å². The average Bonchev–Trinajstić information content (AvgIpc) is 3.18. The Kier molecular flexibility index (Phi) is 7.19. The summed E-state index contributed by atoms with van der Waals surface area (Å²) in [5, 5.41) is 14.2. The van der Waals surface area contributed by atoms with Gasteiger partial charge in [-0.05, 0) is 34.8 Å². The molecule has 1 aromatic carbocycles. The number of hydrogen-bond acceptors (Lipinski definition) is 6. The molecule has 2 aromatic rings. The Morgan fingerprint density at radius 2 is 1.85 bits per heavy atom. The standard InChI is InChI=1S/C27H31F3N6O4/c1-25(2,3)20(35-24(40)27(28,29)30)23(39)36-12-14-18(26(14,4)5)19(36)22(38)32-13(11-31)10-17-21(37)34-16-9-7-6-8-15(16)33-17/h6-9,13-14,18-20H,10,12H2,1-5H3,(H,32,38)(H,34,37)(H,35,40)/t13?,14-,18+,19-,20+/m0/s1. The van der Waals surface area contributed by atoms with E-state index in [2.05, 4.69) is 15.3 Å². The minimum Gasteiger partial charge on any atom is -0.338 e. The fourth-order valence-corrected chi connectivity index (χ4v) is 5.63. The quantitative estimate of drug-likeness (QED) is 0.493. The number of amides is 3. The number of hydrogen-bond donors (Lipinski definition) is 3. The second-order valence-corrected chi connectivity index (χ2v) is 12.1. The van der Waals surface area contributed by atoms with Crippen LogP contribution in [0.5, 0.6) is 0 Å². The van der Waals surface area contributed by atoms with E-state index in [-0.39, 0.29) is 35.9 Å². The number of carbonyl (C=O) groups is 3. The summed E-state index contributed by atoms with van der Waals surface area (Å²) in [6, 6.07) is 5.01. The Labute approximate surface area is 228 Å². The minimum absolute atomic E-state index is 0.0391. The van der Waals surface area contributed by atoms with Crippen molar-refractivity contribution in [1.29, 1.82) is 5.26 Å². The van der Waals surface area contributed by atoms with E-state index < -0.39 is 53.0 Å². The maximum atomic E-state index is 13.6. The van der Waals surface area contributed by atoms with Gasteiger partial charge in [0.1, 0.15) is 23.8 Å². The third kappa shape index (κ3) is 5.39. The minimum atomic E-state index is -5.19. The van der Waals surface area contributed by atoms with Crippen molar-refractivity contribution in [3.8, 4) is 6.07 Å². The van der Waals surface area contributed by atoms with E-state index in [1.165, 1.54) is 25.7 Å². The largest absolute Gasteiger partial charge is 0.471 e. The molecule has 1 aliphatic carbocycles. The van der Waals surface area contributed by atoms with Gasteiger partial charge in [0.05, 0.1) is 17.1 Å². The van der Waals surface area contributed by atoms with Gasteiger partial charge in [-0.2, -0.15) is 18.4 Å². The number of benzene rings is 1. The highest BCUT2D eigenvalue weighted by atomic mass is 19.4. The molecule has 1 aromatic heterocycles. The lowest BCUT2D eigenvalue weighted by atomic mass is 9.85. The van der Waals surface area contributed by atoms with Gasteiger partial charge < -0.3 is 20.5 Å². The van der Waals surface area contributed by atoms with Crippen LogP contribution >= 0.6 is 0 Å². The lowest BCUT2D eigenvalue weighted by molar-refractivity contribution is -0.176. The average molecular weight is 561 g/mol. The Morgan fingerprint density at radius 1 is 1.20 bits per heavy atom. The summed E-state index contributed by atoms with van der Waals surface area (Å²) in [4.78, 5) is 59.7. The maximum absolute atomic E-state index is 13.6. The maximum Gasteiger partial charge on any atom is 0.471 e. The van der Waals surface area contributed by atoms with Crippen molar-refractivity contribution >= 4 is 28.8 Å². The van der Waals surface area contributed by atoms with Gasteiger partial charge in [0.25, 0.3) is 5.56 Å². The first-order valence-electron chi connectivity index (χ1n) is 12.8. The van der Waals surface area contributed by atoms with Crippen molar-refractivity contribution < 1.29 is 27.6 Å². The third-order valence-corrected chi connectivity index (χ3v) is 7.95. The zero-order chi connectivity index (χ0) is 29.8. The molecule has 3 amide bonds. The second kappa shape index (κ2) is 9.91. The molecule has 1 saturated heterocycles. The van der Waals surface area contributed by atoms with E-state index in [0.29, 0.717) is 11.0 Å². The van der Waals surface area contributed by atoms with E-state index in [0.717, 1.165) is 0 Å². The van der Waals surface area contributed by atoms with E-state index in [1.54, 1.807) is 29.6 Å². The summed E-state index contributed by atoms with van der Waals surface area (Å²) in [5.74, 6) is -4.10. The van der Waals surface area contributed by atoms with Crippen LogP contribution < -0.4 is 16.2 Å². The van der Waals surface area contributed by atoms with Crippen molar-refractivity contribution in [2.75, 3.05) is 6.54 Å². The molecular formula is C27H31F3N6O4. The normalized spacial score (nSPS) is 23.1. The first-order chi connectivity index (χ1) is 18.5. The van der Waals surface area contributed by atoms with Crippen LogP contribution in [0.1, 0.15) is 40.3 Å². The molecule has 0 spiro atoms. The lowest BCUT2D eigenvalue weighted by Crippen LogP contribution is -2.61. The topological polar surface area (TPSA) is 148 Å². The van der Waals surface area contributed by atoms with Crippen molar-refractivity contribution in [3.63, 3.8) is 0 Å². The molecule has 1 unspecified atom stereocenters. The molecule has 40 heavy (non-hydrogen) atoms. The van der Waals surface area contributed by atoms with Gasteiger partial charge in [-0.25, -0.2) is 4.98 Å². The van der Waals surface area contributed by atoms with Gasteiger partial charge in [0.15, 0.2) is 0 Å². The van der Waals surface area contributed by atoms with E-state index in [9.17, 15) is 37.6 Å². The first kappa shape index (κ1) is 29.0. The SMILES string of the molecule is CC(C)(C)[C@H](NC(=O)C(F)(F)F)C(=O)N1C[C@H]2[C@H]([C@H]1C(=O)NC(C#N)Cc1nc3ccccc3[nH]c1=O)C2(C)C. The zero-order valence-electron chi connectivity index (χ0n) is 22.7. The number of fused-ring (bicyclic) bond motifs is 2. The molecule has 13 heteroatoms. The highest BCUT2D eigenvalue weighted by Crippen LogP contribution is 2.65. The number of piperidine rings is 1. The summed E-state index contributed by atoms with van der Waals surface area (Å²) in [6.45, 7) is 8.52. The van der Waals surface area contributed by atoms with Crippen LogP contribution in [0, 0.1) is 34.0 Å². The molecule has 10 nitrogen and oxygen atoms in total. The number of nitrogens with one attached hydrogen (secondary N) is 3. The number of aromatic amines is 1. The molecule has 5 atom stereocenters. The number of H-pyrrole nitrogens is 1. The number of nitriles is 1. The van der Waals surface area contributed by atoms with Crippen LogP contribution in [0.15, 0.2) is 29.1 Å². The van der Waals surface area contributed by atoms with Crippen molar-refractivity contribution in [2.45, 2.75) is 65.3 Å². The van der Waals surface area contributed by atoms with Gasteiger partial charge in [-0.15, -0.1) is 0 Å². The Bertz CT molecular complexity index is 1460. The van der Waals surface area contributed by atoms with Crippen LogP contribution in [0.2, 0.25) is 0 Å². The van der Waals surface area contributed by atoms with Crippen LogP contribution in [-0.4, -0.2) is 63.4 Å². The summed E-state index contributed by atoms with van der Waals surface area (Å²) < 4.78 is 39.1. The van der Waals surface area contributed by atoms with Crippen LogP contribution in [-0.2, 0) is 20.8 Å². The summed E-state index contributed by atoms with van der Waals surface area (Å²) >= 11 is 0. The summed E-state index contributed by atoms with van der Waals surface area (Å²) in [7, 11) is 0. The van der Waals surface area contributed by atoms with Crippen molar-refractivity contribution in [1.82, 2.24) is 25.5 Å². The van der Waals surface area contributed by atoms with E-state index in [1.807, 2.05) is 19.9 Å². The lowest BCUT2D eigenvalue weighted by Gasteiger charge is -2.37. The summed E-state index contributed by atoms with van der Waals surface area (Å²) in [5.41, 5.74) is -0.866. The molecule has 0 radical (unpaired) electrons. The molecule has 214 valence electrons. The predicted octanol–water partition coefficient (Wildman–Crippen LogP) is 2.05. The Morgan fingerprint density at radius 3 is 2.45 bits per heavy atom. The number of likely N-dealkylation sites (tertiary alicyclic amines) is 1. The zero-order valence-corrected chi connectivity index (χ0v) is 22.7. The number of para-hydroxylation sites is 2. The molecule has 2 heterocycles. The van der Waals surface area contributed by atoms with Gasteiger partial charge >= 0.3 is 12.1 Å². The second-order valence-electron chi connectivity index (χ2n) is 12.1. The van der Waals surface area contributed by atoms with Crippen LogP contribution in [0.4, 0.5) is 13.2 Å². The molecule has 2 aliphatic rings. The monoisotopic (exact) mass is 560 g/mol. The number of carbonyl (C=O) groups excluding carboxylic acids is 3. The van der Waals surface area contributed by atoms with Crippen LogP contribution in [0.3, 0.4) is 0 Å². The fourth-order valence-electron chi connectivity index (χ4n) is 5.63. The Balaban J connectivity index is 1.57. The fraction of sp³-hybridized carbons (Fsp3) is 0.556. The first-order valence-corrected chi connectivity index (χ1v) is 12.8. The molecule has 3 N–H and O–H groups in total. The highest BCUT2D eigenvalue weighted by Gasteiger charge is 2.70.